The highest BCUT2D eigenvalue weighted by atomic mass is 16.6. The van der Waals surface area contributed by atoms with Gasteiger partial charge < -0.3 is 15.1 Å². The van der Waals surface area contributed by atoms with E-state index in [1.807, 2.05) is 7.05 Å². The predicted octanol–water partition coefficient (Wildman–Crippen LogP) is 2.14. The molecule has 30 heavy (non-hydrogen) atoms. The van der Waals surface area contributed by atoms with Crippen LogP contribution in [0.3, 0.4) is 0 Å². The molecular weight excluding hydrogens is 388 g/mol. The van der Waals surface area contributed by atoms with Crippen molar-refractivity contribution in [2.45, 2.75) is 0 Å². The number of hydrogen-bond donors (Lipinski definition) is 2. The number of nitrogens with one attached hydrogen (secondary N) is 2. The van der Waals surface area contributed by atoms with Gasteiger partial charge in [-0.1, -0.05) is 12.1 Å². The lowest BCUT2D eigenvalue weighted by atomic mass is 10.2. The van der Waals surface area contributed by atoms with Gasteiger partial charge in [-0.25, -0.2) is 10.2 Å². The molecule has 1 fully saturated rings. The standard InChI is InChI=1S/C20H22N6O4/c1-24-9-11-25(12-10-24)20(28)22-17-7-5-16(6-8-17)19(27)23-21-14-15-3-2-4-18(13-15)26(29)30/h2-8,13-14H,9-12H2,1H3,(H,22,28)(H,23,27)/b21-14-. The number of benzene rings is 2. The van der Waals surface area contributed by atoms with Gasteiger partial charge in [-0.05, 0) is 31.3 Å². The molecule has 2 N–H and O–H groups in total. The van der Waals surface area contributed by atoms with E-state index in [0.717, 1.165) is 13.1 Å². The van der Waals surface area contributed by atoms with Crippen molar-refractivity contribution in [1.82, 2.24) is 15.2 Å². The molecule has 0 bridgehead atoms. The first kappa shape index (κ1) is 20.9. The third-order valence-electron chi connectivity index (χ3n) is 4.65. The Morgan fingerprint density at radius 1 is 1.10 bits per heavy atom. The average Bonchev–Trinajstić information content (AvgIpc) is 2.75. The molecule has 0 aliphatic carbocycles. The Balaban J connectivity index is 1.53. The summed E-state index contributed by atoms with van der Waals surface area (Å²) in [6.07, 6.45) is 1.33. The number of likely N-dealkylation sites (N-methyl/N-ethyl adjacent to an activating group) is 1. The summed E-state index contributed by atoms with van der Waals surface area (Å²) in [6.45, 7) is 3.02. The van der Waals surface area contributed by atoms with Crippen molar-refractivity contribution in [3.63, 3.8) is 0 Å². The Labute approximate surface area is 173 Å². The number of piperazine rings is 1. The second kappa shape index (κ2) is 9.61. The molecule has 0 radical (unpaired) electrons. The Morgan fingerprint density at radius 2 is 1.80 bits per heavy atom. The summed E-state index contributed by atoms with van der Waals surface area (Å²) in [5.41, 5.74) is 3.77. The maximum absolute atomic E-state index is 12.3. The van der Waals surface area contributed by atoms with Crippen molar-refractivity contribution in [3.8, 4) is 0 Å². The van der Waals surface area contributed by atoms with Gasteiger partial charge in [0.2, 0.25) is 0 Å². The number of nitro groups is 1. The largest absolute Gasteiger partial charge is 0.322 e. The van der Waals surface area contributed by atoms with Crippen LogP contribution in [-0.4, -0.2) is 66.1 Å². The van der Waals surface area contributed by atoms with Crippen molar-refractivity contribution >= 4 is 29.5 Å². The van der Waals surface area contributed by atoms with Crippen LogP contribution in [0.4, 0.5) is 16.2 Å². The molecule has 2 aromatic carbocycles. The van der Waals surface area contributed by atoms with Crippen molar-refractivity contribution < 1.29 is 14.5 Å². The van der Waals surface area contributed by atoms with Crippen LogP contribution in [0, 0.1) is 10.1 Å². The Morgan fingerprint density at radius 3 is 2.47 bits per heavy atom. The SMILES string of the molecule is CN1CCN(C(=O)Nc2ccc(C(=O)N/N=C\c3cccc([N+](=O)[O-])c3)cc2)CC1. The molecule has 3 amide bonds. The fourth-order valence-corrected chi connectivity index (χ4v) is 2.87. The molecule has 10 nitrogen and oxygen atoms in total. The van der Waals surface area contributed by atoms with Gasteiger partial charge in [0.15, 0.2) is 0 Å². The first-order chi connectivity index (χ1) is 14.4. The van der Waals surface area contributed by atoms with Gasteiger partial charge in [0.1, 0.15) is 0 Å². The van der Waals surface area contributed by atoms with Crippen LogP contribution in [0.5, 0.6) is 0 Å². The molecule has 156 valence electrons. The normalized spacial score (nSPS) is 14.5. The maximum atomic E-state index is 12.3. The van der Waals surface area contributed by atoms with Crippen molar-refractivity contribution in [2.24, 2.45) is 5.10 Å². The van der Waals surface area contributed by atoms with Gasteiger partial charge in [-0.3, -0.25) is 14.9 Å². The molecule has 1 aliphatic heterocycles. The highest BCUT2D eigenvalue weighted by Gasteiger charge is 2.19. The summed E-state index contributed by atoms with van der Waals surface area (Å²) >= 11 is 0. The molecule has 3 rings (SSSR count). The highest BCUT2D eigenvalue weighted by Crippen LogP contribution is 2.13. The van der Waals surface area contributed by atoms with E-state index in [2.05, 4.69) is 20.7 Å². The number of hydrogen-bond acceptors (Lipinski definition) is 6. The van der Waals surface area contributed by atoms with Crippen LogP contribution in [0.15, 0.2) is 53.6 Å². The smallest absolute Gasteiger partial charge is 0.321 e. The van der Waals surface area contributed by atoms with Crippen molar-refractivity contribution in [2.75, 3.05) is 38.5 Å². The van der Waals surface area contributed by atoms with Crippen molar-refractivity contribution in [3.05, 3.63) is 69.8 Å². The van der Waals surface area contributed by atoms with Crippen LogP contribution < -0.4 is 10.7 Å². The Kier molecular flexibility index (Phi) is 6.71. The summed E-state index contributed by atoms with van der Waals surface area (Å²) < 4.78 is 0. The van der Waals surface area contributed by atoms with E-state index >= 15 is 0 Å². The second-order valence-electron chi connectivity index (χ2n) is 6.85. The number of hydrazone groups is 1. The number of anilines is 1. The summed E-state index contributed by atoms with van der Waals surface area (Å²) in [5, 5.41) is 17.4. The lowest BCUT2D eigenvalue weighted by molar-refractivity contribution is -0.384. The number of carbonyl (C=O) groups excluding carboxylic acids is 2. The summed E-state index contributed by atoms with van der Waals surface area (Å²) in [7, 11) is 2.02. The van der Waals surface area contributed by atoms with Gasteiger partial charge in [-0.2, -0.15) is 5.10 Å². The van der Waals surface area contributed by atoms with Crippen LogP contribution in [0.2, 0.25) is 0 Å². The first-order valence-electron chi connectivity index (χ1n) is 9.35. The zero-order chi connectivity index (χ0) is 21.5. The zero-order valence-corrected chi connectivity index (χ0v) is 16.4. The molecule has 1 aliphatic rings. The maximum Gasteiger partial charge on any atom is 0.321 e. The summed E-state index contributed by atoms with van der Waals surface area (Å²) in [5.74, 6) is -0.436. The lowest BCUT2D eigenvalue weighted by Gasteiger charge is -2.32. The molecule has 0 unspecified atom stereocenters. The molecule has 0 spiro atoms. The molecule has 0 saturated carbocycles. The number of rotatable bonds is 5. The van der Waals surface area contributed by atoms with E-state index in [0.29, 0.717) is 29.9 Å². The first-order valence-corrected chi connectivity index (χ1v) is 9.35. The number of nitro benzene ring substituents is 1. The fraction of sp³-hybridized carbons (Fsp3) is 0.250. The monoisotopic (exact) mass is 410 g/mol. The quantitative estimate of drug-likeness (QED) is 0.444. The van der Waals surface area contributed by atoms with Gasteiger partial charge in [0, 0.05) is 55.1 Å². The molecule has 10 heteroatoms. The number of urea groups is 1. The topological polar surface area (TPSA) is 120 Å². The van der Waals surface area contributed by atoms with Gasteiger partial charge in [-0.15, -0.1) is 0 Å². The van der Waals surface area contributed by atoms with E-state index in [4.69, 9.17) is 0 Å². The third-order valence-corrected chi connectivity index (χ3v) is 4.65. The van der Waals surface area contributed by atoms with E-state index in [-0.39, 0.29) is 11.7 Å². The number of carbonyl (C=O) groups is 2. The van der Waals surface area contributed by atoms with E-state index in [1.54, 1.807) is 35.2 Å². The van der Waals surface area contributed by atoms with E-state index in [9.17, 15) is 19.7 Å². The van der Waals surface area contributed by atoms with E-state index < -0.39 is 10.8 Å². The average molecular weight is 410 g/mol. The molecule has 0 aromatic heterocycles. The van der Waals surface area contributed by atoms with Gasteiger partial charge >= 0.3 is 6.03 Å². The zero-order valence-electron chi connectivity index (χ0n) is 16.4. The number of nitrogens with zero attached hydrogens (tertiary/aromatic N) is 4. The highest BCUT2D eigenvalue weighted by molar-refractivity contribution is 5.96. The minimum absolute atomic E-state index is 0.0560. The van der Waals surface area contributed by atoms with Gasteiger partial charge in [0.25, 0.3) is 11.6 Å². The predicted molar refractivity (Wildman–Crippen MR) is 113 cm³/mol. The molecule has 1 saturated heterocycles. The number of amides is 3. The molecule has 0 atom stereocenters. The molecule has 1 heterocycles. The minimum Gasteiger partial charge on any atom is -0.322 e. The lowest BCUT2D eigenvalue weighted by Crippen LogP contribution is -2.48. The van der Waals surface area contributed by atoms with Crippen LogP contribution in [0.1, 0.15) is 15.9 Å². The van der Waals surface area contributed by atoms with Crippen LogP contribution >= 0.6 is 0 Å². The fourth-order valence-electron chi connectivity index (χ4n) is 2.87. The minimum atomic E-state index is -0.500. The van der Waals surface area contributed by atoms with Crippen LogP contribution in [-0.2, 0) is 0 Å². The van der Waals surface area contributed by atoms with E-state index in [1.165, 1.54) is 24.4 Å². The molecule has 2 aromatic rings. The third kappa shape index (κ3) is 5.61. The summed E-state index contributed by atoms with van der Waals surface area (Å²) in [6, 6.07) is 12.2. The second-order valence-corrected chi connectivity index (χ2v) is 6.85. The van der Waals surface area contributed by atoms with Crippen molar-refractivity contribution in [1.29, 1.82) is 0 Å². The Bertz CT molecular complexity index is 952. The van der Waals surface area contributed by atoms with Crippen LogP contribution in [0.25, 0.3) is 0 Å². The number of non-ortho nitro benzene ring substituents is 1. The summed E-state index contributed by atoms with van der Waals surface area (Å²) in [4.78, 5) is 38.7. The Hall–Kier alpha value is -3.79. The van der Waals surface area contributed by atoms with Gasteiger partial charge in [0.05, 0.1) is 11.1 Å². The molecular formula is C20H22N6O4.